The molecule has 1 atom stereocenters. The van der Waals surface area contributed by atoms with Gasteiger partial charge in [0.15, 0.2) is 11.9 Å². The van der Waals surface area contributed by atoms with E-state index in [1.807, 2.05) is 0 Å². The van der Waals surface area contributed by atoms with Gasteiger partial charge < -0.3 is 20.7 Å². The number of carboxylic acids is 1. The van der Waals surface area contributed by atoms with Crippen molar-refractivity contribution < 1.29 is 32.9 Å². The van der Waals surface area contributed by atoms with Crippen molar-refractivity contribution in [1.82, 2.24) is 0 Å². The summed E-state index contributed by atoms with van der Waals surface area (Å²) >= 11 is 2.89. The summed E-state index contributed by atoms with van der Waals surface area (Å²) in [5.74, 6) is -2.39. The summed E-state index contributed by atoms with van der Waals surface area (Å²) in [7, 11) is 0. The Kier molecular flexibility index (Phi) is 4.07. The molecule has 9 heteroatoms. The number of rotatable bonds is 3. The zero-order chi connectivity index (χ0) is 14.1. The van der Waals surface area contributed by atoms with E-state index in [0.29, 0.717) is 6.07 Å². The third-order valence-corrected chi connectivity index (χ3v) is 2.57. The Hall–Kier alpha value is -1.48. The smallest absolute Gasteiger partial charge is 0.479 e. The van der Waals surface area contributed by atoms with Gasteiger partial charge in [-0.05, 0) is 12.1 Å². The van der Waals surface area contributed by atoms with Gasteiger partial charge >= 0.3 is 12.3 Å². The second-order valence-electron chi connectivity index (χ2n) is 3.20. The molecule has 100 valence electrons. The van der Waals surface area contributed by atoms with Crippen molar-refractivity contribution in [3.63, 3.8) is 0 Å². The maximum Gasteiger partial charge on any atom is 0.573 e. The van der Waals surface area contributed by atoms with Gasteiger partial charge in [0.05, 0.1) is 5.69 Å². The molecule has 0 aromatic heterocycles. The molecule has 0 aliphatic carbocycles. The zero-order valence-corrected chi connectivity index (χ0v) is 10.1. The van der Waals surface area contributed by atoms with Crippen LogP contribution >= 0.6 is 15.9 Å². The molecule has 5 nitrogen and oxygen atoms in total. The van der Waals surface area contributed by atoms with Gasteiger partial charge in [-0.3, -0.25) is 0 Å². The number of aliphatic hydroxyl groups is 1. The van der Waals surface area contributed by atoms with Crippen molar-refractivity contribution in [2.24, 2.45) is 0 Å². The molecule has 0 fully saturated rings. The van der Waals surface area contributed by atoms with E-state index in [0.717, 1.165) is 6.07 Å². The molecule has 0 aliphatic rings. The number of alkyl halides is 3. The van der Waals surface area contributed by atoms with Gasteiger partial charge in [0, 0.05) is 10.0 Å². The molecule has 0 aliphatic heterocycles. The monoisotopic (exact) mass is 329 g/mol. The molecule has 0 spiro atoms. The standard InChI is InChI=1S/C9H7BrF3NO4/c10-4-2-5(14)6(18-9(11,12)13)1-3(4)7(15)8(16)17/h1-2,7,15H,14H2,(H,16,17). The predicted molar refractivity (Wildman–Crippen MR) is 57.8 cm³/mol. The van der Waals surface area contributed by atoms with Gasteiger partial charge in [-0.25, -0.2) is 4.79 Å². The number of nitrogen functional groups attached to an aromatic ring is 1. The summed E-state index contributed by atoms with van der Waals surface area (Å²) < 4.78 is 39.8. The van der Waals surface area contributed by atoms with E-state index in [4.69, 9.17) is 10.8 Å². The topological polar surface area (TPSA) is 92.8 Å². The quantitative estimate of drug-likeness (QED) is 0.738. The van der Waals surface area contributed by atoms with Crippen LogP contribution in [0, 0.1) is 0 Å². The Labute approximate surface area is 107 Å². The summed E-state index contributed by atoms with van der Waals surface area (Å²) in [5.41, 5.74) is 4.65. The van der Waals surface area contributed by atoms with Gasteiger partial charge in [-0.2, -0.15) is 0 Å². The second-order valence-corrected chi connectivity index (χ2v) is 4.05. The molecule has 1 rings (SSSR count). The second kappa shape index (κ2) is 5.02. The summed E-state index contributed by atoms with van der Waals surface area (Å²) in [5, 5.41) is 17.9. The van der Waals surface area contributed by atoms with Crippen molar-refractivity contribution >= 4 is 27.6 Å². The molecule has 0 saturated carbocycles. The molecule has 0 bridgehead atoms. The first kappa shape index (κ1) is 14.6. The zero-order valence-electron chi connectivity index (χ0n) is 8.53. The molecule has 4 N–H and O–H groups in total. The third-order valence-electron chi connectivity index (χ3n) is 1.88. The summed E-state index contributed by atoms with van der Waals surface area (Å²) in [6, 6.07) is 1.73. The highest BCUT2D eigenvalue weighted by molar-refractivity contribution is 9.10. The van der Waals surface area contributed by atoms with Gasteiger partial charge in [-0.15, -0.1) is 13.2 Å². The molecule has 1 aromatic carbocycles. The Morgan fingerprint density at radius 1 is 1.44 bits per heavy atom. The lowest BCUT2D eigenvalue weighted by atomic mass is 10.1. The fourth-order valence-electron chi connectivity index (χ4n) is 1.14. The van der Waals surface area contributed by atoms with Gasteiger partial charge in [0.1, 0.15) is 0 Å². The lowest BCUT2D eigenvalue weighted by molar-refractivity contribution is -0.274. The average molecular weight is 330 g/mol. The molecule has 0 saturated heterocycles. The lowest BCUT2D eigenvalue weighted by Crippen LogP contribution is -2.19. The SMILES string of the molecule is Nc1cc(Br)c(C(O)C(=O)O)cc1OC(F)(F)F. The van der Waals surface area contributed by atoms with Crippen LogP contribution in [0.3, 0.4) is 0 Å². The molecule has 0 amide bonds. The minimum Gasteiger partial charge on any atom is -0.479 e. The van der Waals surface area contributed by atoms with Crippen LogP contribution in [0.4, 0.5) is 18.9 Å². The van der Waals surface area contributed by atoms with E-state index in [1.54, 1.807) is 0 Å². The number of ether oxygens (including phenoxy) is 1. The van der Waals surface area contributed by atoms with E-state index in [-0.39, 0.29) is 15.7 Å². The van der Waals surface area contributed by atoms with E-state index in [2.05, 4.69) is 20.7 Å². The minimum absolute atomic E-state index is 0.0597. The van der Waals surface area contributed by atoms with Crippen molar-refractivity contribution in [1.29, 1.82) is 0 Å². The molecule has 0 radical (unpaired) electrons. The molecule has 1 aromatic rings. The van der Waals surface area contributed by atoms with Crippen LogP contribution in [0.1, 0.15) is 11.7 Å². The van der Waals surface area contributed by atoms with Crippen LogP contribution < -0.4 is 10.5 Å². The van der Waals surface area contributed by atoms with Crippen LogP contribution in [-0.2, 0) is 4.79 Å². The highest BCUT2D eigenvalue weighted by Gasteiger charge is 2.33. The number of hydrogen-bond donors (Lipinski definition) is 3. The van der Waals surface area contributed by atoms with Crippen LogP contribution in [-0.4, -0.2) is 22.5 Å². The highest BCUT2D eigenvalue weighted by Crippen LogP contribution is 2.35. The number of nitrogens with two attached hydrogens (primary N) is 1. The number of anilines is 1. The number of halogens is 4. The maximum atomic E-state index is 12.0. The van der Waals surface area contributed by atoms with E-state index in [9.17, 15) is 23.1 Å². The Bertz CT molecular complexity index is 478. The van der Waals surface area contributed by atoms with Gasteiger partial charge in [0.25, 0.3) is 0 Å². The first-order chi connectivity index (χ1) is 8.11. The summed E-state index contributed by atoms with van der Waals surface area (Å²) in [4.78, 5) is 10.6. The van der Waals surface area contributed by atoms with E-state index in [1.165, 1.54) is 0 Å². The number of aliphatic carboxylic acids is 1. The van der Waals surface area contributed by atoms with Crippen LogP contribution in [0.5, 0.6) is 5.75 Å². The number of benzene rings is 1. The summed E-state index contributed by atoms with van der Waals surface area (Å²) in [6.07, 6.45) is -6.96. The first-order valence-corrected chi connectivity index (χ1v) is 5.16. The van der Waals surface area contributed by atoms with Crippen molar-refractivity contribution in [2.45, 2.75) is 12.5 Å². The van der Waals surface area contributed by atoms with Crippen molar-refractivity contribution in [2.75, 3.05) is 5.73 Å². The van der Waals surface area contributed by atoms with Crippen molar-refractivity contribution in [3.8, 4) is 5.75 Å². The van der Waals surface area contributed by atoms with Crippen LogP contribution in [0.15, 0.2) is 16.6 Å². The van der Waals surface area contributed by atoms with E-state index < -0.39 is 24.2 Å². The fraction of sp³-hybridized carbons (Fsp3) is 0.222. The van der Waals surface area contributed by atoms with E-state index >= 15 is 0 Å². The fourth-order valence-corrected chi connectivity index (χ4v) is 1.72. The average Bonchev–Trinajstić information content (AvgIpc) is 2.19. The predicted octanol–water partition coefficient (Wildman–Crippen LogP) is 2.05. The third kappa shape index (κ3) is 3.50. The van der Waals surface area contributed by atoms with Crippen LogP contribution in [0.2, 0.25) is 0 Å². The summed E-state index contributed by atoms with van der Waals surface area (Å²) in [6.45, 7) is 0. The Balaban J connectivity index is 3.22. The minimum atomic E-state index is -4.96. The molecular weight excluding hydrogens is 323 g/mol. The molecule has 18 heavy (non-hydrogen) atoms. The molecule has 1 unspecified atom stereocenters. The van der Waals surface area contributed by atoms with Crippen molar-refractivity contribution in [3.05, 3.63) is 22.2 Å². The molecular formula is C9H7BrF3NO4. The number of aliphatic hydroxyl groups excluding tert-OH is 1. The van der Waals surface area contributed by atoms with Gasteiger partial charge in [-0.1, -0.05) is 15.9 Å². The highest BCUT2D eigenvalue weighted by atomic mass is 79.9. The van der Waals surface area contributed by atoms with Gasteiger partial charge in [0.2, 0.25) is 0 Å². The first-order valence-electron chi connectivity index (χ1n) is 4.37. The molecule has 0 heterocycles. The maximum absolute atomic E-state index is 12.0. The number of hydrogen-bond acceptors (Lipinski definition) is 4. The van der Waals surface area contributed by atoms with Crippen LogP contribution in [0.25, 0.3) is 0 Å². The largest absolute Gasteiger partial charge is 0.573 e. The Morgan fingerprint density at radius 3 is 2.44 bits per heavy atom. The normalized spacial score (nSPS) is 13.2. The number of carbonyl (C=O) groups is 1. The lowest BCUT2D eigenvalue weighted by Gasteiger charge is -2.15. The Morgan fingerprint density at radius 2 is 2.00 bits per heavy atom. The number of carboxylic acid groups (broad SMARTS) is 1.